The van der Waals surface area contributed by atoms with Gasteiger partial charge in [-0.3, -0.25) is 9.36 Å². The largest absolute Gasteiger partial charge is 0.494 e. The molecule has 0 aliphatic rings. The number of ether oxygens (including phenoxy) is 2. The first-order valence-electron chi connectivity index (χ1n) is 11.2. The number of hydrogen-bond donors (Lipinski definition) is 2. The van der Waals surface area contributed by atoms with Gasteiger partial charge in [0.05, 0.1) is 23.7 Å². The van der Waals surface area contributed by atoms with Gasteiger partial charge in [0.1, 0.15) is 22.6 Å². The third-order valence-corrected chi connectivity index (χ3v) is 5.19. The lowest BCUT2D eigenvalue weighted by Gasteiger charge is -2.10. The first-order chi connectivity index (χ1) is 16.0. The second kappa shape index (κ2) is 9.87. The molecular formula is C25H29N5O3. The number of benzene rings is 2. The molecular weight excluding hydrogens is 418 g/mol. The van der Waals surface area contributed by atoms with Crippen molar-refractivity contribution in [2.45, 2.75) is 33.3 Å². The molecule has 2 aromatic carbocycles. The van der Waals surface area contributed by atoms with Gasteiger partial charge in [0.15, 0.2) is 5.65 Å². The number of para-hydroxylation sites is 2. The van der Waals surface area contributed by atoms with Crippen LogP contribution in [0.4, 0.5) is 5.82 Å². The Morgan fingerprint density at radius 3 is 2.45 bits per heavy atom. The van der Waals surface area contributed by atoms with Gasteiger partial charge in [-0.1, -0.05) is 12.1 Å². The summed E-state index contributed by atoms with van der Waals surface area (Å²) >= 11 is 0. The summed E-state index contributed by atoms with van der Waals surface area (Å²) in [6.45, 7) is 7.54. The Bertz CT molecular complexity index is 1260. The smallest absolute Gasteiger partial charge is 0.257 e. The number of aromatic nitrogens is 3. The van der Waals surface area contributed by atoms with Gasteiger partial charge in [0.25, 0.3) is 5.91 Å². The predicted octanol–water partition coefficient (Wildman–Crippen LogP) is 4.10. The number of nitrogens with one attached hydrogen (secondary N) is 1. The predicted molar refractivity (Wildman–Crippen MR) is 130 cm³/mol. The number of nitrogens with two attached hydrogens (primary N) is 1. The van der Waals surface area contributed by atoms with Gasteiger partial charge in [0.2, 0.25) is 0 Å². The summed E-state index contributed by atoms with van der Waals surface area (Å²) in [5, 5.41) is 2.94. The summed E-state index contributed by atoms with van der Waals surface area (Å²) in [6.07, 6.45) is 0.864. The highest BCUT2D eigenvalue weighted by molar-refractivity contribution is 6.11. The number of anilines is 1. The Labute approximate surface area is 192 Å². The molecule has 0 aliphatic carbocycles. The van der Waals surface area contributed by atoms with Crippen molar-refractivity contribution in [1.82, 2.24) is 19.9 Å². The van der Waals surface area contributed by atoms with Crippen LogP contribution in [0, 0.1) is 0 Å². The number of hydrogen-bond acceptors (Lipinski definition) is 6. The third-order valence-electron chi connectivity index (χ3n) is 5.19. The second-order valence-corrected chi connectivity index (χ2v) is 7.94. The summed E-state index contributed by atoms with van der Waals surface area (Å²) < 4.78 is 12.9. The van der Waals surface area contributed by atoms with Crippen molar-refractivity contribution in [2.24, 2.45) is 0 Å². The zero-order valence-electron chi connectivity index (χ0n) is 19.2. The molecule has 8 heteroatoms. The molecule has 0 saturated carbocycles. The van der Waals surface area contributed by atoms with Gasteiger partial charge in [-0.15, -0.1) is 0 Å². The fraction of sp³-hybridized carbons (Fsp3) is 0.320. The van der Waals surface area contributed by atoms with Gasteiger partial charge < -0.3 is 20.5 Å². The lowest BCUT2D eigenvalue weighted by atomic mass is 10.2. The van der Waals surface area contributed by atoms with Crippen molar-refractivity contribution in [3.8, 4) is 11.4 Å². The van der Waals surface area contributed by atoms with Crippen LogP contribution in [0.15, 0.2) is 48.5 Å². The molecule has 0 saturated heterocycles. The molecule has 4 rings (SSSR count). The molecule has 8 nitrogen and oxygen atoms in total. The average Bonchev–Trinajstić information content (AvgIpc) is 3.08. The molecule has 33 heavy (non-hydrogen) atoms. The zero-order valence-corrected chi connectivity index (χ0v) is 19.2. The van der Waals surface area contributed by atoms with Gasteiger partial charge in [-0.05, 0) is 63.6 Å². The molecule has 0 radical (unpaired) electrons. The molecule has 2 heterocycles. The van der Waals surface area contributed by atoms with Crippen molar-refractivity contribution in [1.29, 1.82) is 0 Å². The van der Waals surface area contributed by atoms with E-state index >= 15 is 0 Å². The van der Waals surface area contributed by atoms with Crippen LogP contribution in [0.25, 0.3) is 27.9 Å². The molecule has 172 valence electrons. The van der Waals surface area contributed by atoms with Crippen molar-refractivity contribution in [3.63, 3.8) is 0 Å². The molecule has 4 aromatic rings. The summed E-state index contributed by atoms with van der Waals surface area (Å²) in [7, 11) is 0. The number of fused-ring (bicyclic) bond motifs is 2. The third kappa shape index (κ3) is 4.75. The summed E-state index contributed by atoms with van der Waals surface area (Å²) in [5.41, 5.74) is 10.1. The number of nitrogen functional groups attached to an aromatic ring is 1. The van der Waals surface area contributed by atoms with Gasteiger partial charge >= 0.3 is 0 Å². The van der Waals surface area contributed by atoms with E-state index < -0.39 is 0 Å². The number of nitrogens with zero attached hydrogens (tertiary/aromatic N) is 3. The van der Waals surface area contributed by atoms with E-state index in [2.05, 4.69) is 5.32 Å². The maximum Gasteiger partial charge on any atom is 0.257 e. The first-order valence-corrected chi connectivity index (χ1v) is 11.2. The van der Waals surface area contributed by atoms with Crippen molar-refractivity contribution in [2.75, 3.05) is 25.5 Å². The quantitative estimate of drug-likeness (QED) is 0.374. The van der Waals surface area contributed by atoms with Gasteiger partial charge in [-0.25, -0.2) is 9.97 Å². The van der Waals surface area contributed by atoms with Crippen LogP contribution in [0.1, 0.15) is 37.6 Å². The Morgan fingerprint density at radius 1 is 1.09 bits per heavy atom. The highest BCUT2D eigenvalue weighted by Gasteiger charge is 2.24. The average molecular weight is 448 g/mol. The van der Waals surface area contributed by atoms with E-state index in [-0.39, 0.29) is 12.0 Å². The van der Waals surface area contributed by atoms with Gasteiger partial charge in [0, 0.05) is 18.8 Å². The van der Waals surface area contributed by atoms with Crippen LogP contribution in [0.3, 0.4) is 0 Å². The lowest BCUT2D eigenvalue weighted by Crippen LogP contribution is -2.26. The molecule has 0 atom stereocenters. The summed E-state index contributed by atoms with van der Waals surface area (Å²) in [6, 6.07) is 15.1. The standard InChI is InChI=1S/C25H29N5O3/c1-4-32-18-12-10-17(11-13-18)30-23(26)21(25(31)27-14-7-15-33-16(2)3)22-24(30)29-20-9-6-5-8-19(20)28-22/h5-6,8-13,16H,4,7,14-15,26H2,1-3H3,(H,27,31). The van der Waals surface area contributed by atoms with E-state index in [4.69, 9.17) is 25.2 Å². The minimum Gasteiger partial charge on any atom is -0.494 e. The minimum absolute atomic E-state index is 0.159. The van der Waals surface area contributed by atoms with Gasteiger partial charge in [-0.2, -0.15) is 0 Å². The Morgan fingerprint density at radius 2 is 1.79 bits per heavy atom. The van der Waals surface area contributed by atoms with Crippen molar-refractivity contribution < 1.29 is 14.3 Å². The van der Waals surface area contributed by atoms with Crippen LogP contribution in [0.2, 0.25) is 0 Å². The molecule has 2 aromatic heterocycles. The highest BCUT2D eigenvalue weighted by Crippen LogP contribution is 2.31. The monoisotopic (exact) mass is 447 g/mol. The van der Waals surface area contributed by atoms with E-state index in [1.54, 1.807) is 4.57 Å². The van der Waals surface area contributed by atoms with Crippen LogP contribution >= 0.6 is 0 Å². The normalized spacial score (nSPS) is 11.4. The van der Waals surface area contributed by atoms with Crippen molar-refractivity contribution >= 4 is 33.9 Å². The lowest BCUT2D eigenvalue weighted by molar-refractivity contribution is 0.0757. The van der Waals surface area contributed by atoms with E-state index in [0.717, 1.165) is 17.0 Å². The molecule has 1 amide bonds. The van der Waals surface area contributed by atoms with Crippen LogP contribution in [-0.4, -0.2) is 46.3 Å². The Balaban J connectivity index is 1.75. The molecule has 0 unspecified atom stereocenters. The summed E-state index contributed by atoms with van der Waals surface area (Å²) in [5.74, 6) is 0.770. The molecule has 0 fully saturated rings. The zero-order chi connectivity index (χ0) is 23.4. The Hall–Kier alpha value is -3.65. The molecule has 3 N–H and O–H groups in total. The van der Waals surface area contributed by atoms with E-state index in [9.17, 15) is 4.79 Å². The maximum atomic E-state index is 13.2. The van der Waals surface area contributed by atoms with Crippen LogP contribution in [0.5, 0.6) is 5.75 Å². The maximum absolute atomic E-state index is 13.2. The summed E-state index contributed by atoms with van der Waals surface area (Å²) in [4.78, 5) is 22.7. The highest BCUT2D eigenvalue weighted by atomic mass is 16.5. The number of carbonyl (C=O) groups excluding carboxylic acids is 1. The first kappa shape index (κ1) is 22.5. The van der Waals surface area contributed by atoms with Crippen LogP contribution in [-0.2, 0) is 4.74 Å². The van der Waals surface area contributed by atoms with E-state index in [1.165, 1.54) is 0 Å². The topological polar surface area (TPSA) is 104 Å². The molecule has 0 aliphatic heterocycles. The number of carbonyl (C=O) groups is 1. The fourth-order valence-corrected chi connectivity index (χ4v) is 3.69. The SMILES string of the molecule is CCOc1ccc(-n2c(N)c(C(=O)NCCCOC(C)C)c3nc4ccccc4nc32)cc1. The second-order valence-electron chi connectivity index (χ2n) is 7.94. The molecule has 0 spiro atoms. The number of rotatable bonds is 9. The van der Waals surface area contributed by atoms with Crippen molar-refractivity contribution in [3.05, 3.63) is 54.1 Å². The minimum atomic E-state index is -0.281. The van der Waals surface area contributed by atoms with E-state index in [0.29, 0.717) is 54.2 Å². The number of amides is 1. The fourth-order valence-electron chi connectivity index (χ4n) is 3.69. The Kier molecular flexibility index (Phi) is 6.74. The van der Waals surface area contributed by atoms with E-state index in [1.807, 2.05) is 69.3 Å². The molecule has 0 bridgehead atoms. The van der Waals surface area contributed by atoms with Crippen LogP contribution < -0.4 is 15.8 Å².